The Morgan fingerprint density at radius 1 is 0.935 bits per heavy atom. The fourth-order valence-electron chi connectivity index (χ4n) is 5.99. The molecular formula is C36H47N3O6S. The van der Waals surface area contributed by atoms with E-state index < -0.39 is 16.1 Å². The Morgan fingerprint density at radius 3 is 2.33 bits per heavy atom. The molecule has 0 bridgehead atoms. The summed E-state index contributed by atoms with van der Waals surface area (Å²) < 4.78 is 38.2. The molecule has 3 aromatic carbocycles. The molecule has 0 radical (unpaired) electrons. The van der Waals surface area contributed by atoms with Crippen LogP contribution in [0.15, 0.2) is 78.9 Å². The van der Waals surface area contributed by atoms with Crippen molar-refractivity contribution in [3.05, 3.63) is 90.0 Å². The van der Waals surface area contributed by atoms with Gasteiger partial charge in [0.2, 0.25) is 21.8 Å². The molecule has 10 heteroatoms. The average molecular weight is 650 g/mol. The maximum atomic E-state index is 14.2. The van der Waals surface area contributed by atoms with Crippen molar-refractivity contribution in [2.45, 2.75) is 76.9 Å². The number of benzene rings is 3. The van der Waals surface area contributed by atoms with E-state index >= 15 is 0 Å². The van der Waals surface area contributed by atoms with Crippen LogP contribution in [0.4, 0.5) is 5.69 Å². The van der Waals surface area contributed by atoms with Gasteiger partial charge in [0.15, 0.2) is 0 Å². The Hall–Kier alpha value is -4.05. The molecule has 1 aliphatic carbocycles. The minimum absolute atomic E-state index is 0.0504. The zero-order valence-electron chi connectivity index (χ0n) is 27.2. The zero-order valence-corrected chi connectivity index (χ0v) is 28.0. The second-order valence-corrected chi connectivity index (χ2v) is 13.7. The van der Waals surface area contributed by atoms with Crippen molar-refractivity contribution in [1.29, 1.82) is 0 Å². The predicted octanol–water partition coefficient (Wildman–Crippen LogP) is 5.73. The van der Waals surface area contributed by atoms with Gasteiger partial charge in [-0.1, -0.05) is 73.9 Å². The fraction of sp³-hybridized carbons (Fsp3) is 0.444. The highest BCUT2D eigenvalue weighted by molar-refractivity contribution is 7.92. The molecule has 3 aromatic rings. The number of ether oxygens (including phenoxy) is 2. The molecule has 1 saturated carbocycles. The molecule has 9 nitrogen and oxygen atoms in total. The standard InChI is InChI=1S/C36H47N3O6S/c1-4-45-34-22-12-11-21-32(34)39(46(3,42)43)24-14-23-35(40)38(27-29-17-13-20-31(25-29)44-2)33(26-28-15-7-5-8-16-28)36(41)37-30-18-9-6-10-19-30/h5,7-8,11-13,15-17,20-22,25,30,33H,4,6,9-10,14,18-19,23-24,26-27H2,1-3H3,(H,37,41)/t33-/m1/s1. The molecule has 0 heterocycles. The number of sulfonamides is 1. The van der Waals surface area contributed by atoms with Crippen LogP contribution in [0.2, 0.25) is 0 Å². The number of methoxy groups -OCH3 is 1. The van der Waals surface area contributed by atoms with E-state index in [9.17, 15) is 18.0 Å². The third-order valence-electron chi connectivity index (χ3n) is 8.30. The van der Waals surface area contributed by atoms with E-state index in [2.05, 4.69) is 5.32 Å². The van der Waals surface area contributed by atoms with Crippen LogP contribution in [0.5, 0.6) is 11.5 Å². The van der Waals surface area contributed by atoms with E-state index in [1.807, 2.05) is 61.5 Å². The van der Waals surface area contributed by atoms with E-state index in [1.165, 1.54) is 10.7 Å². The number of anilines is 1. The largest absolute Gasteiger partial charge is 0.497 e. The average Bonchev–Trinajstić information content (AvgIpc) is 3.05. The first-order valence-corrected chi connectivity index (χ1v) is 18.0. The number of nitrogens with zero attached hydrogens (tertiary/aromatic N) is 2. The Kier molecular flexibility index (Phi) is 12.9. The summed E-state index contributed by atoms with van der Waals surface area (Å²) in [5.41, 5.74) is 2.21. The van der Waals surface area contributed by atoms with Crippen LogP contribution < -0.4 is 19.1 Å². The first-order chi connectivity index (χ1) is 22.2. The van der Waals surface area contributed by atoms with Crippen molar-refractivity contribution in [2.75, 3.05) is 30.8 Å². The summed E-state index contributed by atoms with van der Waals surface area (Å²) in [4.78, 5) is 29.9. The molecular weight excluding hydrogens is 602 g/mol. The second kappa shape index (κ2) is 17.0. The molecule has 0 saturated heterocycles. The highest BCUT2D eigenvalue weighted by atomic mass is 32.2. The van der Waals surface area contributed by atoms with Gasteiger partial charge in [-0.15, -0.1) is 0 Å². The Bertz CT molecular complexity index is 1530. The molecule has 0 aromatic heterocycles. The molecule has 0 unspecified atom stereocenters. The van der Waals surface area contributed by atoms with Gasteiger partial charge in [-0.05, 0) is 61.6 Å². The van der Waals surface area contributed by atoms with Crippen LogP contribution in [0, 0.1) is 0 Å². The number of nitrogens with one attached hydrogen (secondary N) is 1. The molecule has 0 aliphatic heterocycles. The summed E-state index contributed by atoms with van der Waals surface area (Å²) in [6, 6.07) is 23.5. The highest BCUT2D eigenvalue weighted by Gasteiger charge is 2.32. The third-order valence-corrected chi connectivity index (χ3v) is 9.48. The molecule has 2 amide bonds. The fourth-order valence-corrected chi connectivity index (χ4v) is 6.96. The first kappa shape index (κ1) is 34.8. The maximum absolute atomic E-state index is 14.2. The summed E-state index contributed by atoms with van der Waals surface area (Å²) in [5.74, 6) is 0.723. The van der Waals surface area contributed by atoms with Crippen molar-refractivity contribution in [3.63, 3.8) is 0 Å². The lowest BCUT2D eigenvalue weighted by Gasteiger charge is -2.34. The number of carbonyl (C=O) groups excluding carboxylic acids is 2. The number of para-hydroxylation sites is 2. The topological polar surface area (TPSA) is 105 Å². The Balaban J connectivity index is 1.61. The molecule has 0 spiro atoms. The summed E-state index contributed by atoms with van der Waals surface area (Å²) in [6.45, 7) is 2.51. The molecule has 248 valence electrons. The van der Waals surface area contributed by atoms with Gasteiger partial charge in [0.1, 0.15) is 17.5 Å². The second-order valence-electron chi connectivity index (χ2n) is 11.8. The number of rotatable bonds is 16. The summed E-state index contributed by atoms with van der Waals surface area (Å²) in [5, 5.41) is 3.26. The van der Waals surface area contributed by atoms with Gasteiger partial charge in [0, 0.05) is 32.0 Å². The molecule has 46 heavy (non-hydrogen) atoms. The van der Waals surface area contributed by atoms with Crippen molar-refractivity contribution in [3.8, 4) is 11.5 Å². The normalized spacial score (nSPS) is 14.2. The van der Waals surface area contributed by atoms with Gasteiger partial charge in [-0.3, -0.25) is 13.9 Å². The SMILES string of the molecule is CCOc1ccccc1N(CCCC(=O)N(Cc1cccc(OC)c1)[C@H](Cc1ccccc1)C(=O)NC1CCCCC1)S(C)(=O)=O. The lowest BCUT2D eigenvalue weighted by atomic mass is 9.94. The summed E-state index contributed by atoms with van der Waals surface area (Å²) in [6.07, 6.45) is 6.98. The maximum Gasteiger partial charge on any atom is 0.243 e. The van der Waals surface area contributed by atoms with Crippen LogP contribution in [0.1, 0.15) is 63.0 Å². The van der Waals surface area contributed by atoms with E-state index in [-0.39, 0.29) is 43.8 Å². The molecule has 1 atom stereocenters. The lowest BCUT2D eigenvalue weighted by Crippen LogP contribution is -2.52. The number of amides is 2. The smallest absolute Gasteiger partial charge is 0.243 e. The van der Waals surface area contributed by atoms with Crippen LogP contribution in [0.3, 0.4) is 0 Å². The van der Waals surface area contributed by atoms with Gasteiger partial charge < -0.3 is 19.7 Å². The van der Waals surface area contributed by atoms with Crippen LogP contribution in [0.25, 0.3) is 0 Å². The molecule has 1 N–H and O–H groups in total. The molecule has 4 rings (SSSR count). The third kappa shape index (κ3) is 9.97. The van der Waals surface area contributed by atoms with E-state index in [0.29, 0.717) is 30.2 Å². The van der Waals surface area contributed by atoms with Gasteiger partial charge in [-0.2, -0.15) is 0 Å². The van der Waals surface area contributed by atoms with E-state index in [4.69, 9.17) is 9.47 Å². The minimum atomic E-state index is -3.67. The Morgan fingerprint density at radius 2 is 1.63 bits per heavy atom. The van der Waals surface area contributed by atoms with Gasteiger partial charge >= 0.3 is 0 Å². The summed E-state index contributed by atoms with van der Waals surface area (Å²) >= 11 is 0. The number of hydrogen-bond donors (Lipinski definition) is 1. The first-order valence-electron chi connectivity index (χ1n) is 16.2. The van der Waals surface area contributed by atoms with Crippen molar-refractivity contribution < 1.29 is 27.5 Å². The molecule has 1 aliphatic rings. The minimum Gasteiger partial charge on any atom is -0.497 e. The van der Waals surface area contributed by atoms with Crippen LogP contribution in [-0.4, -0.2) is 63.7 Å². The van der Waals surface area contributed by atoms with Crippen molar-refractivity contribution in [1.82, 2.24) is 10.2 Å². The zero-order chi connectivity index (χ0) is 32.9. The summed E-state index contributed by atoms with van der Waals surface area (Å²) in [7, 11) is -2.08. The van der Waals surface area contributed by atoms with Gasteiger partial charge in [-0.25, -0.2) is 8.42 Å². The lowest BCUT2D eigenvalue weighted by molar-refractivity contribution is -0.141. The monoisotopic (exact) mass is 649 g/mol. The highest BCUT2D eigenvalue weighted by Crippen LogP contribution is 2.30. The van der Waals surface area contributed by atoms with Gasteiger partial charge in [0.25, 0.3) is 0 Å². The number of hydrogen-bond acceptors (Lipinski definition) is 6. The Labute approximate surface area is 273 Å². The number of carbonyl (C=O) groups is 2. The van der Waals surface area contributed by atoms with Crippen molar-refractivity contribution in [2.24, 2.45) is 0 Å². The predicted molar refractivity (Wildman–Crippen MR) is 182 cm³/mol. The quantitative estimate of drug-likeness (QED) is 0.213. The van der Waals surface area contributed by atoms with Crippen molar-refractivity contribution >= 4 is 27.5 Å². The van der Waals surface area contributed by atoms with E-state index in [0.717, 1.165) is 43.1 Å². The van der Waals surface area contributed by atoms with Crippen LogP contribution >= 0.6 is 0 Å². The van der Waals surface area contributed by atoms with E-state index in [1.54, 1.807) is 36.3 Å². The molecule has 1 fully saturated rings. The van der Waals surface area contributed by atoms with Gasteiger partial charge in [0.05, 0.1) is 25.7 Å². The van der Waals surface area contributed by atoms with Crippen LogP contribution in [-0.2, 0) is 32.6 Å².